The van der Waals surface area contributed by atoms with Crippen LogP contribution in [-0.4, -0.2) is 0 Å². The maximum absolute atomic E-state index is 2.64. The van der Waals surface area contributed by atoms with Gasteiger partial charge in [0.25, 0.3) is 0 Å². The summed E-state index contributed by atoms with van der Waals surface area (Å²) in [6.45, 7) is 7.60. The van der Waals surface area contributed by atoms with Crippen molar-refractivity contribution in [3.05, 3.63) is 35.4 Å². The first-order valence-corrected chi connectivity index (χ1v) is 9.23. The average Bonchev–Trinajstić information content (AvgIpc) is 2.83. The Morgan fingerprint density at radius 3 is 2.76 bits per heavy atom. The lowest BCUT2D eigenvalue weighted by molar-refractivity contribution is 0.00493. The third-order valence-electron chi connectivity index (χ3n) is 7.68. The molecule has 6 atom stereocenters. The number of fused-ring (bicyclic) bond motifs is 5. The van der Waals surface area contributed by atoms with Gasteiger partial charge in [-0.25, -0.2) is 0 Å². The summed E-state index contributed by atoms with van der Waals surface area (Å²) in [5.74, 6) is 4.68. The molecule has 0 spiro atoms. The van der Waals surface area contributed by atoms with Gasteiger partial charge < -0.3 is 0 Å². The molecule has 3 aliphatic rings. The zero-order chi connectivity index (χ0) is 14.6. The van der Waals surface area contributed by atoms with Crippen LogP contribution in [0.5, 0.6) is 0 Å². The molecule has 2 fully saturated rings. The van der Waals surface area contributed by atoms with Gasteiger partial charge >= 0.3 is 0 Å². The molecule has 21 heavy (non-hydrogen) atoms. The second-order valence-corrected chi connectivity index (χ2v) is 8.40. The highest BCUT2D eigenvalue weighted by Crippen LogP contribution is 2.64. The minimum atomic E-state index is 0.649. The molecule has 0 N–H and O–H groups in total. The van der Waals surface area contributed by atoms with E-state index in [1.807, 2.05) is 0 Å². The van der Waals surface area contributed by atoms with Gasteiger partial charge in [0.05, 0.1) is 0 Å². The summed E-state index contributed by atoms with van der Waals surface area (Å²) >= 11 is 0. The number of rotatable bonds is 1. The van der Waals surface area contributed by atoms with Crippen molar-refractivity contribution in [2.75, 3.05) is 0 Å². The molecule has 0 amide bonds. The molecule has 0 heterocycles. The van der Waals surface area contributed by atoms with Gasteiger partial charge in [0.2, 0.25) is 0 Å². The molecule has 3 aliphatic carbocycles. The lowest BCUT2D eigenvalue weighted by Gasteiger charge is -2.53. The molecule has 0 aromatic heterocycles. The van der Waals surface area contributed by atoms with E-state index in [9.17, 15) is 0 Å². The lowest BCUT2D eigenvalue weighted by Crippen LogP contribution is -2.45. The summed E-state index contributed by atoms with van der Waals surface area (Å²) in [4.78, 5) is 0. The average molecular weight is 282 g/mol. The fourth-order valence-corrected chi connectivity index (χ4v) is 6.70. The van der Waals surface area contributed by atoms with E-state index < -0.39 is 0 Å². The van der Waals surface area contributed by atoms with Crippen molar-refractivity contribution >= 4 is 0 Å². The van der Waals surface area contributed by atoms with Gasteiger partial charge in [-0.05, 0) is 78.2 Å². The Bertz CT molecular complexity index is 531. The van der Waals surface area contributed by atoms with Crippen LogP contribution >= 0.6 is 0 Å². The van der Waals surface area contributed by atoms with Gasteiger partial charge in [0.1, 0.15) is 0 Å². The van der Waals surface area contributed by atoms with Crippen LogP contribution in [-0.2, 0) is 6.42 Å². The van der Waals surface area contributed by atoms with Gasteiger partial charge in [-0.3, -0.25) is 0 Å². The Labute approximate surface area is 130 Å². The second kappa shape index (κ2) is 4.86. The maximum Gasteiger partial charge on any atom is -0.0125 e. The molecule has 0 nitrogen and oxygen atoms in total. The fraction of sp³-hybridized carbons (Fsp3) is 0.714. The Balaban J connectivity index is 1.73. The van der Waals surface area contributed by atoms with Crippen molar-refractivity contribution < 1.29 is 0 Å². The van der Waals surface area contributed by atoms with Gasteiger partial charge in [0, 0.05) is 0 Å². The van der Waals surface area contributed by atoms with E-state index in [4.69, 9.17) is 0 Å². The van der Waals surface area contributed by atoms with Gasteiger partial charge in [-0.1, -0.05) is 51.5 Å². The van der Waals surface area contributed by atoms with E-state index in [1.54, 1.807) is 11.1 Å². The normalized spacial score (nSPS) is 44.8. The van der Waals surface area contributed by atoms with Crippen LogP contribution in [0.1, 0.15) is 69.9 Å². The van der Waals surface area contributed by atoms with E-state index >= 15 is 0 Å². The first kappa shape index (κ1) is 13.9. The third kappa shape index (κ3) is 1.87. The highest BCUT2D eigenvalue weighted by atomic mass is 14.6. The predicted molar refractivity (Wildman–Crippen MR) is 89.4 cm³/mol. The third-order valence-corrected chi connectivity index (χ3v) is 7.68. The minimum absolute atomic E-state index is 0.649. The summed E-state index contributed by atoms with van der Waals surface area (Å²) < 4.78 is 0. The Morgan fingerprint density at radius 1 is 1.14 bits per heavy atom. The Morgan fingerprint density at radius 2 is 1.95 bits per heavy atom. The van der Waals surface area contributed by atoms with Gasteiger partial charge in [-0.2, -0.15) is 0 Å². The minimum Gasteiger partial charge on any atom is -0.0651 e. The maximum atomic E-state index is 2.64. The molecule has 0 saturated heterocycles. The van der Waals surface area contributed by atoms with Crippen LogP contribution < -0.4 is 0 Å². The monoisotopic (exact) mass is 282 g/mol. The van der Waals surface area contributed by atoms with Crippen molar-refractivity contribution in [1.29, 1.82) is 0 Å². The fourth-order valence-electron chi connectivity index (χ4n) is 6.70. The molecule has 4 rings (SSSR count). The standard InChI is InChI=1S/C21H30/c1-4-16-9-10-19-20-14(2)13-15-7-5-6-8-17(15)18(20)11-12-21(16,19)3/h5-8,14,16,18-20H,4,9-13H2,1-3H3/t14-,16+,18-,19+,20-,21-/m1/s1. The largest absolute Gasteiger partial charge is 0.0651 e. The van der Waals surface area contributed by atoms with Crippen molar-refractivity contribution in [1.82, 2.24) is 0 Å². The summed E-state index contributed by atoms with van der Waals surface area (Å²) in [6, 6.07) is 9.33. The second-order valence-electron chi connectivity index (χ2n) is 8.40. The lowest BCUT2D eigenvalue weighted by atomic mass is 9.51. The Hall–Kier alpha value is -0.780. The van der Waals surface area contributed by atoms with Gasteiger partial charge in [0.15, 0.2) is 0 Å². The summed E-state index contributed by atoms with van der Waals surface area (Å²) in [7, 11) is 0. The molecule has 1 aromatic rings. The number of hydrogen-bond acceptors (Lipinski definition) is 0. The summed E-state index contributed by atoms with van der Waals surface area (Å²) in [5, 5.41) is 0. The van der Waals surface area contributed by atoms with Crippen molar-refractivity contribution in [3.8, 4) is 0 Å². The number of benzene rings is 1. The van der Waals surface area contributed by atoms with E-state index in [2.05, 4.69) is 45.0 Å². The smallest absolute Gasteiger partial charge is 0.0125 e. The molecule has 0 heteroatoms. The highest BCUT2D eigenvalue weighted by molar-refractivity contribution is 5.35. The van der Waals surface area contributed by atoms with E-state index in [1.165, 1.54) is 38.5 Å². The van der Waals surface area contributed by atoms with Crippen LogP contribution in [0.4, 0.5) is 0 Å². The SMILES string of the molecule is CC[C@H]1CC[C@H]2[C@@H]3[C@H](C)Cc4ccccc4[C@H]3CC[C@]12C. The molecule has 0 radical (unpaired) electrons. The highest BCUT2D eigenvalue weighted by Gasteiger charge is 2.55. The zero-order valence-electron chi connectivity index (χ0n) is 13.9. The summed E-state index contributed by atoms with van der Waals surface area (Å²) in [5.41, 5.74) is 4.01. The molecular formula is C21H30. The van der Waals surface area contributed by atoms with Crippen LogP contribution in [0.2, 0.25) is 0 Å². The molecule has 0 bridgehead atoms. The van der Waals surface area contributed by atoms with Crippen LogP contribution in [0.25, 0.3) is 0 Å². The first-order valence-electron chi connectivity index (χ1n) is 9.23. The molecule has 114 valence electrons. The zero-order valence-corrected chi connectivity index (χ0v) is 13.9. The van der Waals surface area contributed by atoms with E-state index in [0.29, 0.717) is 5.41 Å². The van der Waals surface area contributed by atoms with Crippen LogP contribution in [0.15, 0.2) is 24.3 Å². The predicted octanol–water partition coefficient (Wildman–Crippen LogP) is 5.81. The number of hydrogen-bond donors (Lipinski definition) is 0. The molecule has 1 aromatic carbocycles. The topological polar surface area (TPSA) is 0 Å². The van der Waals surface area contributed by atoms with Crippen molar-refractivity contribution in [2.24, 2.45) is 29.1 Å². The molecule has 0 aliphatic heterocycles. The van der Waals surface area contributed by atoms with E-state index in [-0.39, 0.29) is 0 Å². The molecule has 2 saturated carbocycles. The first-order chi connectivity index (χ1) is 10.1. The van der Waals surface area contributed by atoms with Crippen LogP contribution in [0.3, 0.4) is 0 Å². The van der Waals surface area contributed by atoms with Crippen LogP contribution in [0, 0.1) is 29.1 Å². The molecule has 0 unspecified atom stereocenters. The van der Waals surface area contributed by atoms with Crippen molar-refractivity contribution in [3.63, 3.8) is 0 Å². The Kier molecular flexibility index (Phi) is 3.21. The van der Waals surface area contributed by atoms with E-state index in [0.717, 1.165) is 29.6 Å². The van der Waals surface area contributed by atoms with Crippen molar-refractivity contribution in [2.45, 2.75) is 65.2 Å². The summed E-state index contributed by atoms with van der Waals surface area (Å²) in [6.07, 6.45) is 8.63. The molecular weight excluding hydrogens is 252 g/mol. The van der Waals surface area contributed by atoms with Gasteiger partial charge in [-0.15, -0.1) is 0 Å². The quantitative estimate of drug-likeness (QED) is 0.609.